The van der Waals surface area contributed by atoms with E-state index in [4.69, 9.17) is 4.74 Å². The number of fused-ring (bicyclic) bond motifs is 1. The number of rotatable bonds is 6. The number of benzene rings is 3. The molecule has 1 N–H and O–H groups in total. The molecule has 0 aliphatic heterocycles. The summed E-state index contributed by atoms with van der Waals surface area (Å²) in [5, 5.41) is 11.8. The molecule has 1 atom stereocenters. The zero-order chi connectivity index (χ0) is 21.9. The van der Waals surface area contributed by atoms with Gasteiger partial charge in [0.15, 0.2) is 6.10 Å². The fourth-order valence-electron chi connectivity index (χ4n) is 3.55. The van der Waals surface area contributed by atoms with Crippen molar-refractivity contribution >= 4 is 22.7 Å². The van der Waals surface area contributed by atoms with E-state index in [0.29, 0.717) is 16.8 Å². The van der Waals surface area contributed by atoms with Gasteiger partial charge in [0.05, 0.1) is 11.3 Å². The Morgan fingerprint density at radius 2 is 1.75 bits per heavy atom. The molecule has 0 fully saturated rings. The SMILES string of the molecule is O=C(OC(C(=O)c1c[nH]c2ccccc12)c1ccccc1)c1cccc(-n2cnnn2)c1. The van der Waals surface area contributed by atoms with E-state index in [0.717, 1.165) is 10.9 Å². The van der Waals surface area contributed by atoms with E-state index in [9.17, 15) is 9.59 Å². The summed E-state index contributed by atoms with van der Waals surface area (Å²) in [7, 11) is 0. The van der Waals surface area contributed by atoms with Gasteiger partial charge < -0.3 is 9.72 Å². The Labute approximate surface area is 182 Å². The molecule has 2 heterocycles. The Balaban J connectivity index is 1.49. The number of Topliss-reactive ketones (excluding diaryl/α,β-unsaturated/α-hetero) is 1. The molecule has 0 spiro atoms. The van der Waals surface area contributed by atoms with Gasteiger partial charge in [0.1, 0.15) is 6.33 Å². The average Bonchev–Trinajstić information content (AvgIpc) is 3.53. The molecule has 32 heavy (non-hydrogen) atoms. The molecule has 0 aliphatic rings. The summed E-state index contributed by atoms with van der Waals surface area (Å²) in [5.74, 6) is -0.930. The highest BCUT2D eigenvalue weighted by Crippen LogP contribution is 2.28. The van der Waals surface area contributed by atoms with Gasteiger partial charge in [-0.15, -0.1) is 5.10 Å². The van der Waals surface area contributed by atoms with Crippen molar-refractivity contribution in [2.24, 2.45) is 0 Å². The van der Waals surface area contributed by atoms with Crippen LogP contribution in [0.2, 0.25) is 0 Å². The summed E-state index contributed by atoms with van der Waals surface area (Å²) in [4.78, 5) is 29.7. The van der Waals surface area contributed by atoms with Crippen LogP contribution in [0, 0.1) is 0 Å². The van der Waals surface area contributed by atoms with Crippen LogP contribution >= 0.6 is 0 Å². The summed E-state index contributed by atoms with van der Waals surface area (Å²) < 4.78 is 7.20. The van der Waals surface area contributed by atoms with E-state index < -0.39 is 12.1 Å². The van der Waals surface area contributed by atoms with Crippen molar-refractivity contribution in [2.45, 2.75) is 6.10 Å². The quantitative estimate of drug-likeness (QED) is 0.328. The first-order chi connectivity index (χ1) is 15.7. The van der Waals surface area contributed by atoms with E-state index in [-0.39, 0.29) is 11.3 Å². The maximum atomic E-state index is 13.5. The number of nitrogens with zero attached hydrogens (tertiary/aromatic N) is 4. The molecular weight excluding hydrogens is 406 g/mol. The first-order valence-electron chi connectivity index (χ1n) is 9.90. The highest BCUT2D eigenvalue weighted by Gasteiger charge is 2.28. The van der Waals surface area contributed by atoms with Gasteiger partial charge in [0.2, 0.25) is 5.78 Å². The van der Waals surface area contributed by atoms with Gasteiger partial charge in [0, 0.05) is 28.2 Å². The topological polar surface area (TPSA) is 103 Å². The molecule has 2 aromatic heterocycles. The van der Waals surface area contributed by atoms with Crippen LogP contribution in [0.5, 0.6) is 0 Å². The monoisotopic (exact) mass is 423 g/mol. The van der Waals surface area contributed by atoms with Crippen molar-refractivity contribution in [2.75, 3.05) is 0 Å². The lowest BCUT2D eigenvalue weighted by Crippen LogP contribution is -2.20. The first-order valence-corrected chi connectivity index (χ1v) is 9.90. The standard InChI is InChI=1S/C24H17N5O3/c30-22(20-14-25-21-12-5-4-11-19(20)21)23(16-7-2-1-3-8-16)32-24(31)17-9-6-10-18(13-17)29-15-26-27-28-29/h1-15,23,25H. The van der Waals surface area contributed by atoms with Gasteiger partial charge in [-0.3, -0.25) is 4.79 Å². The zero-order valence-corrected chi connectivity index (χ0v) is 16.8. The van der Waals surface area contributed by atoms with Crippen molar-refractivity contribution in [1.29, 1.82) is 0 Å². The Hall–Kier alpha value is -4.59. The molecule has 0 radical (unpaired) electrons. The molecule has 8 nitrogen and oxygen atoms in total. The summed E-state index contributed by atoms with van der Waals surface area (Å²) in [6.07, 6.45) is 1.98. The largest absolute Gasteiger partial charge is 0.445 e. The summed E-state index contributed by atoms with van der Waals surface area (Å²) in [5.41, 5.74) is 2.77. The van der Waals surface area contributed by atoms with Crippen LogP contribution in [0.4, 0.5) is 0 Å². The molecule has 3 aromatic carbocycles. The maximum absolute atomic E-state index is 13.5. The van der Waals surface area contributed by atoms with E-state index in [2.05, 4.69) is 20.5 Å². The molecular formula is C24H17N5O3. The Kier molecular flexibility index (Phi) is 5.01. The fraction of sp³-hybridized carbons (Fsp3) is 0.0417. The normalized spacial score (nSPS) is 11.9. The number of tetrazole rings is 1. The van der Waals surface area contributed by atoms with Crippen LogP contribution in [-0.4, -0.2) is 36.9 Å². The number of ether oxygens (including phenoxy) is 1. The van der Waals surface area contributed by atoms with Crippen molar-refractivity contribution in [3.8, 4) is 5.69 Å². The van der Waals surface area contributed by atoms with E-state index in [1.165, 1.54) is 11.0 Å². The molecule has 5 aromatic rings. The lowest BCUT2D eigenvalue weighted by atomic mass is 9.99. The summed E-state index contributed by atoms with van der Waals surface area (Å²) in [6.45, 7) is 0. The third-order valence-corrected chi connectivity index (χ3v) is 5.12. The second kappa shape index (κ2) is 8.27. The average molecular weight is 423 g/mol. The van der Waals surface area contributed by atoms with E-state index >= 15 is 0 Å². The lowest BCUT2D eigenvalue weighted by Gasteiger charge is -2.17. The minimum absolute atomic E-state index is 0.283. The van der Waals surface area contributed by atoms with Crippen LogP contribution < -0.4 is 0 Å². The fourth-order valence-corrected chi connectivity index (χ4v) is 3.55. The molecule has 1 unspecified atom stereocenters. The van der Waals surface area contributed by atoms with E-state index in [1.54, 1.807) is 54.7 Å². The number of carbonyl (C=O) groups is 2. The Bertz CT molecular complexity index is 1390. The van der Waals surface area contributed by atoms with Crippen molar-refractivity contribution < 1.29 is 14.3 Å². The van der Waals surface area contributed by atoms with Crippen molar-refractivity contribution in [3.63, 3.8) is 0 Å². The molecule has 5 rings (SSSR count). The van der Waals surface area contributed by atoms with Gasteiger partial charge >= 0.3 is 5.97 Å². The van der Waals surface area contributed by atoms with Gasteiger partial charge in [0.25, 0.3) is 0 Å². The van der Waals surface area contributed by atoms with Crippen molar-refractivity contribution in [3.05, 3.63) is 108 Å². The highest BCUT2D eigenvalue weighted by molar-refractivity contribution is 6.11. The second-order valence-corrected chi connectivity index (χ2v) is 7.11. The van der Waals surface area contributed by atoms with Crippen LogP contribution in [0.25, 0.3) is 16.6 Å². The second-order valence-electron chi connectivity index (χ2n) is 7.11. The number of nitrogens with one attached hydrogen (secondary N) is 1. The molecule has 0 saturated heterocycles. The van der Waals surface area contributed by atoms with Gasteiger partial charge in [-0.2, -0.15) is 0 Å². The Morgan fingerprint density at radius 3 is 2.56 bits per heavy atom. The predicted octanol–water partition coefficient (Wildman–Crippen LogP) is 3.92. The molecule has 0 saturated carbocycles. The number of hydrogen-bond donors (Lipinski definition) is 1. The van der Waals surface area contributed by atoms with Gasteiger partial charge in [-0.1, -0.05) is 54.6 Å². The third kappa shape index (κ3) is 3.65. The predicted molar refractivity (Wildman–Crippen MR) is 116 cm³/mol. The number of aromatic amines is 1. The Morgan fingerprint density at radius 1 is 0.938 bits per heavy atom. The minimum atomic E-state index is -1.10. The van der Waals surface area contributed by atoms with Crippen LogP contribution in [-0.2, 0) is 4.74 Å². The van der Waals surface area contributed by atoms with Crippen LogP contribution in [0.1, 0.15) is 32.4 Å². The summed E-state index contributed by atoms with van der Waals surface area (Å²) >= 11 is 0. The highest BCUT2D eigenvalue weighted by atomic mass is 16.5. The molecule has 0 amide bonds. The van der Waals surface area contributed by atoms with Crippen molar-refractivity contribution in [1.82, 2.24) is 25.2 Å². The third-order valence-electron chi connectivity index (χ3n) is 5.12. The van der Waals surface area contributed by atoms with Crippen LogP contribution in [0.15, 0.2) is 91.4 Å². The molecule has 156 valence electrons. The van der Waals surface area contributed by atoms with Crippen LogP contribution in [0.3, 0.4) is 0 Å². The molecule has 0 bridgehead atoms. The number of H-pyrrole nitrogens is 1. The number of para-hydroxylation sites is 1. The number of hydrogen-bond acceptors (Lipinski definition) is 6. The van der Waals surface area contributed by atoms with E-state index in [1.807, 2.05) is 30.3 Å². The molecule has 8 heteroatoms. The number of esters is 1. The number of carbonyl (C=O) groups excluding carboxylic acids is 2. The summed E-state index contributed by atoms with van der Waals surface area (Å²) in [6, 6.07) is 23.2. The zero-order valence-electron chi connectivity index (χ0n) is 16.8. The lowest BCUT2D eigenvalue weighted by molar-refractivity contribution is 0.0280. The smallest absolute Gasteiger partial charge is 0.339 e. The first kappa shape index (κ1) is 19.4. The van der Waals surface area contributed by atoms with Gasteiger partial charge in [-0.05, 0) is 34.7 Å². The number of ketones is 1. The number of aromatic nitrogens is 5. The molecule has 0 aliphatic carbocycles. The minimum Gasteiger partial charge on any atom is -0.445 e. The van der Waals surface area contributed by atoms with Gasteiger partial charge in [-0.25, -0.2) is 9.48 Å². The maximum Gasteiger partial charge on any atom is 0.339 e.